The van der Waals surface area contributed by atoms with Crippen LogP contribution in [-0.4, -0.2) is 35.2 Å². The summed E-state index contributed by atoms with van der Waals surface area (Å²) in [5.74, 6) is 0.313. The van der Waals surface area contributed by atoms with Gasteiger partial charge in [-0.05, 0) is 26.0 Å². The van der Waals surface area contributed by atoms with Crippen molar-refractivity contribution in [2.45, 2.75) is 38.8 Å². The number of anilines is 2. The highest BCUT2D eigenvalue weighted by Gasteiger charge is 2.24. The average Bonchev–Trinajstić information content (AvgIpc) is 2.58. The molecule has 0 bridgehead atoms. The molecule has 1 N–H and O–H groups in total. The fourth-order valence-corrected chi connectivity index (χ4v) is 2.83. The average molecular weight is 347 g/mol. The normalized spacial score (nSPS) is 15.5. The number of piperidine rings is 1. The van der Waals surface area contributed by atoms with Crippen molar-refractivity contribution >= 4 is 11.6 Å². The molecular weight excluding hydrogens is 326 g/mol. The van der Waals surface area contributed by atoms with Gasteiger partial charge in [-0.2, -0.15) is 0 Å². The summed E-state index contributed by atoms with van der Waals surface area (Å²) < 4.78 is 32.4. The summed E-state index contributed by atoms with van der Waals surface area (Å²) in [6, 6.07) is 3.62. The molecule has 0 unspecified atom stereocenters. The van der Waals surface area contributed by atoms with Gasteiger partial charge in [0.25, 0.3) is 0 Å². The number of benzene rings is 1. The Morgan fingerprint density at radius 3 is 2.72 bits per heavy atom. The van der Waals surface area contributed by atoms with Crippen LogP contribution in [0, 0.1) is 17.8 Å². The molecule has 1 aromatic heterocycles. The van der Waals surface area contributed by atoms with Crippen molar-refractivity contribution in [3.05, 3.63) is 42.2 Å². The number of halogens is 2. The Morgan fingerprint density at radius 2 is 2.04 bits per heavy atom. The van der Waals surface area contributed by atoms with Crippen molar-refractivity contribution in [1.82, 2.24) is 9.97 Å². The molecule has 1 aromatic carbocycles. The van der Waals surface area contributed by atoms with Gasteiger partial charge in [0.05, 0.1) is 6.20 Å². The molecule has 1 aliphatic heterocycles. The fourth-order valence-electron chi connectivity index (χ4n) is 2.83. The van der Waals surface area contributed by atoms with E-state index in [0.717, 1.165) is 17.7 Å². The summed E-state index contributed by atoms with van der Waals surface area (Å²) in [6.45, 7) is 5.51. The largest absolute Gasteiger partial charge is 0.487 e. The van der Waals surface area contributed by atoms with Crippen LogP contribution in [0.5, 0.6) is 5.75 Å². The predicted molar refractivity (Wildman–Crippen MR) is 91.8 cm³/mol. The van der Waals surface area contributed by atoms with Gasteiger partial charge in [-0.25, -0.2) is 18.7 Å². The van der Waals surface area contributed by atoms with Crippen molar-refractivity contribution in [3.8, 4) is 5.75 Å². The summed E-state index contributed by atoms with van der Waals surface area (Å²) >= 11 is 0. The van der Waals surface area contributed by atoms with Crippen LogP contribution >= 0.6 is 0 Å². The van der Waals surface area contributed by atoms with Crippen LogP contribution in [0.3, 0.4) is 0 Å². The van der Waals surface area contributed by atoms with Crippen LogP contribution in [0.25, 0.3) is 0 Å². The molecule has 0 spiro atoms. The molecule has 25 heavy (non-hydrogen) atoms. The minimum absolute atomic E-state index is 0.0925. The lowest BCUT2D eigenvalue weighted by molar-refractivity contribution is 0.163. The summed E-state index contributed by atoms with van der Waals surface area (Å²) in [7, 11) is 0. The van der Waals surface area contributed by atoms with E-state index < -0.39 is 11.6 Å². The molecule has 1 radical (unpaired) electrons. The highest BCUT2D eigenvalue weighted by molar-refractivity contribution is 5.60. The molecule has 1 aliphatic rings. The van der Waals surface area contributed by atoms with Gasteiger partial charge >= 0.3 is 0 Å². The van der Waals surface area contributed by atoms with Crippen molar-refractivity contribution in [2.75, 3.05) is 23.3 Å². The molecule has 1 saturated heterocycles. The summed E-state index contributed by atoms with van der Waals surface area (Å²) in [6.07, 6.45) is 5.64. The van der Waals surface area contributed by atoms with Crippen molar-refractivity contribution in [3.63, 3.8) is 0 Å². The summed E-state index contributed by atoms with van der Waals surface area (Å²) in [5, 5.41) is 3.28. The van der Waals surface area contributed by atoms with Crippen LogP contribution in [0.2, 0.25) is 0 Å². The van der Waals surface area contributed by atoms with Crippen LogP contribution in [0.15, 0.2) is 24.4 Å². The van der Waals surface area contributed by atoms with Crippen LogP contribution in [0.1, 0.15) is 26.7 Å². The second-order valence-electron chi connectivity index (χ2n) is 6.35. The number of ether oxygens (including phenoxy) is 1. The van der Waals surface area contributed by atoms with E-state index in [1.54, 1.807) is 6.20 Å². The van der Waals surface area contributed by atoms with Gasteiger partial charge in [0.15, 0.2) is 23.2 Å². The Labute approximate surface area is 146 Å². The van der Waals surface area contributed by atoms with E-state index in [1.807, 2.05) is 13.8 Å². The van der Waals surface area contributed by atoms with E-state index in [1.165, 1.54) is 12.1 Å². The third-order valence-corrected chi connectivity index (χ3v) is 3.99. The van der Waals surface area contributed by atoms with Gasteiger partial charge in [-0.3, -0.25) is 0 Å². The third kappa shape index (κ3) is 4.35. The predicted octanol–water partition coefficient (Wildman–Crippen LogP) is 3.42. The number of hydrogen-bond donors (Lipinski definition) is 1. The standard InChI is InChI=1S/C18H21F2N4O/c1-12(2)23-17-18(22-8-7-21-17)24-9-5-14(6-10-24)25-16-4-3-13(19)11-15(16)20/h3-4,7,11-12,14H,5-6,9-10H2,1-2H3,(H,21,23). The van der Waals surface area contributed by atoms with E-state index in [4.69, 9.17) is 4.74 Å². The van der Waals surface area contributed by atoms with Crippen LogP contribution in [-0.2, 0) is 0 Å². The molecule has 2 heterocycles. The molecule has 0 amide bonds. The quantitative estimate of drug-likeness (QED) is 0.898. The summed E-state index contributed by atoms with van der Waals surface area (Å²) in [4.78, 5) is 10.8. The lowest BCUT2D eigenvalue weighted by Crippen LogP contribution is -2.39. The first-order chi connectivity index (χ1) is 12.0. The van der Waals surface area contributed by atoms with E-state index in [9.17, 15) is 8.78 Å². The molecule has 2 aromatic rings. The maximum atomic E-state index is 13.7. The number of rotatable bonds is 5. The first-order valence-electron chi connectivity index (χ1n) is 8.39. The van der Waals surface area contributed by atoms with Gasteiger partial charge in [-0.1, -0.05) is 0 Å². The van der Waals surface area contributed by atoms with Gasteiger partial charge in [0.1, 0.15) is 18.1 Å². The van der Waals surface area contributed by atoms with E-state index in [-0.39, 0.29) is 17.9 Å². The maximum absolute atomic E-state index is 13.7. The minimum Gasteiger partial charge on any atom is -0.487 e. The minimum atomic E-state index is -0.672. The first kappa shape index (κ1) is 17.4. The smallest absolute Gasteiger partial charge is 0.172 e. The molecule has 7 heteroatoms. The number of hydrogen-bond acceptors (Lipinski definition) is 5. The van der Waals surface area contributed by atoms with E-state index >= 15 is 0 Å². The van der Waals surface area contributed by atoms with E-state index in [0.29, 0.717) is 25.9 Å². The molecule has 5 nitrogen and oxygen atoms in total. The van der Waals surface area contributed by atoms with Crippen molar-refractivity contribution in [2.24, 2.45) is 0 Å². The molecule has 133 valence electrons. The zero-order valence-corrected chi connectivity index (χ0v) is 14.3. The number of nitrogens with one attached hydrogen (secondary N) is 1. The van der Waals surface area contributed by atoms with Gasteiger partial charge in [0, 0.05) is 38.0 Å². The monoisotopic (exact) mass is 347 g/mol. The van der Waals surface area contributed by atoms with Crippen molar-refractivity contribution < 1.29 is 13.5 Å². The molecule has 3 rings (SSSR count). The Bertz CT molecular complexity index is 718. The van der Waals surface area contributed by atoms with E-state index in [2.05, 4.69) is 26.4 Å². The van der Waals surface area contributed by atoms with Crippen LogP contribution < -0.4 is 15.0 Å². The lowest BCUT2D eigenvalue weighted by Gasteiger charge is -2.33. The molecular formula is C18H21F2N4O. The first-order valence-corrected chi connectivity index (χ1v) is 8.39. The Balaban J connectivity index is 1.62. The third-order valence-electron chi connectivity index (χ3n) is 3.99. The van der Waals surface area contributed by atoms with Gasteiger partial charge < -0.3 is 15.0 Å². The molecule has 0 saturated carbocycles. The SMILES string of the molecule is CC(C)Nc1nc[c]nc1N1CCC(Oc2ccc(F)cc2F)CC1. The maximum Gasteiger partial charge on any atom is 0.172 e. The fraction of sp³-hybridized carbons (Fsp3) is 0.444. The second-order valence-corrected chi connectivity index (χ2v) is 6.35. The zero-order valence-electron chi connectivity index (χ0n) is 14.3. The zero-order chi connectivity index (χ0) is 17.8. The second kappa shape index (κ2) is 7.63. The highest BCUT2D eigenvalue weighted by atomic mass is 19.1. The Hall–Kier alpha value is -2.44. The Morgan fingerprint density at radius 1 is 1.28 bits per heavy atom. The molecule has 0 aliphatic carbocycles. The lowest BCUT2D eigenvalue weighted by atomic mass is 10.1. The van der Waals surface area contributed by atoms with Crippen LogP contribution in [0.4, 0.5) is 20.4 Å². The van der Waals surface area contributed by atoms with Gasteiger partial charge in [-0.15, -0.1) is 0 Å². The van der Waals surface area contributed by atoms with Gasteiger partial charge in [0.2, 0.25) is 0 Å². The topological polar surface area (TPSA) is 50.3 Å². The summed E-state index contributed by atoms with van der Waals surface area (Å²) in [5.41, 5.74) is 0. The highest BCUT2D eigenvalue weighted by Crippen LogP contribution is 2.27. The van der Waals surface area contributed by atoms with Crippen molar-refractivity contribution in [1.29, 1.82) is 0 Å². The Kier molecular flexibility index (Phi) is 5.31. The molecule has 0 atom stereocenters. The molecule has 1 fully saturated rings. The number of nitrogens with zero attached hydrogens (tertiary/aromatic N) is 3. The number of aromatic nitrogens is 2.